The second-order valence-corrected chi connectivity index (χ2v) is 7.90. The van der Waals surface area contributed by atoms with Gasteiger partial charge in [-0.2, -0.15) is 4.98 Å². The SMILES string of the molecule is CCC(C)n1c(-c2ccccc2)nc2c(-c3cnc(N)nc3)nc(N3CCOCC3)nc21. The number of morpholine rings is 1. The van der Waals surface area contributed by atoms with E-state index in [0.717, 1.165) is 47.6 Å². The van der Waals surface area contributed by atoms with Gasteiger partial charge < -0.3 is 19.9 Å². The fourth-order valence-electron chi connectivity index (χ4n) is 3.92. The summed E-state index contributed by atoms with van der Waals surface area (Å²) in [5.41, 5.74) is 9.77. The van der Waals surface area contributed by atoms with Crippen molar-refractivity contribution in [1.82, 2.24) is 29.5 Å². The number of hydrogen-bond donors (Lipinski definition) is 1. The zero-order chi connectivity index (χ0) is 22.1. The van der Waals surface area contributed by atoms with Crippen LogP contribution in [0.5, 0.6) is 0 Å². The third-order valence-electron chi connectivity index (χ3n) is 5.83. The van der Waals surface area contributed by atoms with E-state index in [1.54, 1.807) is 12.4 Å². The van der Waals surface area contributed by atoms with Gasteiger partial charge in [-0.1, -0.05) is 37.3 Å². The van der Waals surface area contributed by atoms with Gasteiger partial charge in [0, 0.05) is 42.7 Å². The fraction of sp³-hybridized carbons (Fsp3) is 0.348. The van der Waals surface area contributed by atoms with Crippen LogP contribution in [0.1, 0.15) is 26.3 Å². The van der Waals surface area contributed by atoms with Crippen LogP contribution in [0.25, 0.3) is 33.8 Å². The highest BCUT2D eigenvalue weighted by atomic mass is 16.5. The molecular formula is C23H26N8O. The highest BCUT2D eigenvalue weighted by Crippen LogP contribution is 2.34. The smallest absolute Gasteiger partial charge is 0.228 e. The number of nitrogens with two attached hydrogens (primary N) is 1. The predicted octanol–water partition coefficient (Wildman–Crippen LogP) is 3.34. The molecule has 4 aromatic rings. The molecule has 0 bridgehead atoms. The molecule has 1 aromatic carbocycles. The number of benzene rings is 1. The van der Waals surface area contributed by atoms with E-state index in [1.807, 2.05) is 18.2 Å². The highest BCUT2D eigenvalue weighted by molar-refractivity contribution is 5.91. The van der Waals surface area contributed by atoms with E-state index in [1.165, 1.54) is 0 Å². The van der Waals surface area contributed by atoms with Crippen molar-refractivity contribution in [2.24, 2.45) is 0 Å². The first-order chi connectivity index (χ1) is 15.7. The molecule has 9 heteroatoms. The Balaban J connectivity index is 1.80. The van der Waals surface area contributed by atoms with Crippen LogP contribution in [-0.4, -0.2) is 55.8 Å². The molecule has 0 aliphatic carbocycles. The van der Waals surface area contributed by atoms with Crippen molar-refractivity contribution in [1.29, 1.82) is 0 Å². The van der Waals surface area contributed by atoms with Gasteiger partial charge in [0.05, 0.1) is 13.2 Å². The molecular weight excluding hydrogens is 404 g/mol. The lowest BCUT2D eigenvalue weighted by molar-refractivity contribution is 0.122. The van der Waals surface area contributed by atoms with Gasteiger partial charge in [0.1, 0.15) is 17.0 Å². The molecule has 0 amide bonds. The summed E-state index contributed by atoms with van der Waals surface area (Å²) in [4.78, 5) is 25.5. The van der Waals surface area contributed by atoms with Gasteiger partial charge in [0.2, 0.25) is 11.9 Å². The third kappa shape index (κ3) is 3.64. The van der Waals surface area contributed by atoms with Gasteiger partial charge in [-0.05, 0) is 13.3 Å². The molecule has 1 saturated heterocycles. The second-order valence-electron chi connectivity index (χ2n) is 7.90. The van der Waals surface area contributed by atoms with E-state index in [-0.39, 0.29) is 12.0 Å². The van der Waals surface area contributed by atoms with Gasteiger partial charge in [0.25, 0.3) is 0 Å². The maximum Gasteiger partial charge on any atom is 0.228 e. The topological polar surface area (TPSA) is 108 Å². The molecule has 164 valence electrons. The summed E-state index contributed by atoms with van der Waals surface area (Å²) in [5.74, 6) is 1.76. The Morgan fingerprint density at radius 2 is 1.72 bits per heavy atom. The summed E-state index contributed by atoms with van der Waals surface area (Å²) in [6, 6.07) is 10.4. The van der Waals surface area contributed by atoms with E-state index < -0.39 is 0 Å². The van der Waals surface area contributed by atoms with Crippen LogP contribution in [0.2, 0.25) is 0 Å². The molecule has 2 N–H and O–H groups in total. The van der Waals surface area contributed by atoms with Crippen LogP contribution in [-0.2, 0) is 4.74 Å². The third-order valence-corrected chi connectivity index (χ3v) is 5.83. The Bertz CT molecular complexity index is 1220. The van der Waals surface area contributed by atoms with Crippen molar-refractivity contribution in [3.63, 3.8) is 0 Å². The summed E-state index contributed by atoms with van der Waals surface area (Å²) >= 11 is 0. The van der Waals surface area contributed by atoms with Crippen molar-refractivity contribution < 1.29 is 4.74 Å². The number of imidazole rings is 1. The van der Waals surface area contributed by atoms with Crippen molar-refractivity contribution in [3.8, 4) is 22.6 Å². The molecule has 5 rings (SSSR count). The maximum atomic E-state index is 5.73. The number of aromatic nitrogens is 6. The minimum atomic E-state index is 0.207. The standard InChI is InChI=1S/C23H26N8O/c1-3-15(2)31-20(16-7-5-4-6-8-16)27-19-18(17-13-25-22(24)26-14-17)28-23(29-21(19)31)30-9-11-32-12-10-30/h4-8,13-15H,3,9-12H2,1-2H3,(H2,24,25,26). The summed E-state index contributed by atoms with van der Waals surface area (Å²) in [7, 11) is 0. The zero-order valence-electron chi connectivity index (χ0n) is 18.3. The molecule has 32 heavy (non-hydrogen) atoms. The molecule has 1 aliphatic heterocycles. The number of anilines is 2. The Labute approximate surface area is 186 Å². The highest BCUT2D eigenvalue weighted by Gasteiger charge is 2.24. The normalized spacial score (nSPS) is 15.2. The Morgan fingerprint density at radius 1 is 1.00 bits per heavy atom. The van der Waals surface area contributed by atoms with Crippen molar-refractivity contribution in [2.45, 2.75) is 26.3 Å². The number of ether oxygens (including phenoxy) is 1. The van der Waals surface area contributed by atoms with Crippen molar-refractivity contribution >= 4 is 23.1 Å². The number of fused-ring (bicyclic) bond motifs is 1. The average Bonchev–Trinajstić information content (AvgIpc) is 3.24. The largest absolute Gasteiger partial charge is 0.378 e. The number of rotatable bonds is 5. The van der Waals surface area contributed by atoms with Crippen LogP contribution in [0, 0.1) is 0 Å². The van der Waals surface area contributed by atoms with Gasteiger partial charge in [0.15, 0.2) is 5.65 Å². The molecule has 0 spiro atoms. The van der Waals surface area contributed by atoms with Crippen LogP contribution >= 0.6 is 0 Å². The Kier molecular flexibility index (Phi) is 5.40. The van der Waals surface area contributed by atoms with Crippen LogP contribution in [0.15, 0.2) is 42.7 Å². The Hall–Kier alpha value is -3.59. The van der Waals surface area contributed by atoms with Gasteiger partial charge >= 0.3 is 0 Å². The number of nitrogens with zero attached hydrogens (tertiary/aromatic N) is 7. The molecule has 1 atom stereocenters. The van der Waals surface area contributed by atoms with E-state index in [4.69, 9.17) is 25.4 Å². The molecule has 1 fully saturated rings. The van der Waals surface area contributed by atoms with Crippen LogP contribution < -0.4 is 10.6 Å². The van der Waals surface area contributed by atoms with Crippen molar-refractivity contribution in [3.05, 3.63) is 42.7 Å². The first kappa shape index (κ1) is 20.3. The minimum Gasteiger partial charge on any atom is -0.378 e. The maximum absolute atomic E-state index is 5.73. The van der Waals surface area contributed by atoms with E-state index in [2.05, 4.69) is 45.4 Å². The van der Waals surface area contributed by atoms with Gasteiger partial charge in [-0.15, -0.1) is 0 Å². The van der Waals surface area contributed by atoms with Gasteiger partial charge in [-0.25, -0.2) is 19.9 Å². The van der Waals surface area contributed by atoms with E-state index in [0.29, 0.717) is 24.9 Å². The lowest BCUT2D eigenvalue weighted by Crippen LogP contribution is -2.37. The molecule has 3 aromatic heterocycles. The number of hydrogen-bond acceptors (Lipinski definition) is 8. The molecule has 4 heterocycles. The summed E-state index contributed by atoms with van der Waals surface area (Å²) in [6.45, 7) is 7.15. The predicted molar refractivity (Wildman–Crippen MR) is 124 cm³/mol. The van der Waals surface area contributed by atoms with Crippen LogP contribution in [0.4, 0.5) is 11.9 Å². The second kappa shape index (κ2) is 8.51. The monoisotopic (exact) mass is 430 g/mol. The summed E-state index contributed by atoms with van der Waals surface area (Å²) < 4.78 is 7.75. The fourth-order valence-corrected chi connectivity index (χ4v) is 3.92. The first-order valence-electron chi connectivity index (χ1n) is 10.9. The number of nitrogen functional groups attached to an aromatic ring is 1. The molecule has 1 unspecified atom stereocenters. The average molecular weight is 431 g/mol. The van der Waals surface area contributed by atoms with E-state index in [9.17, 15) is 0 Å². The van der Waals surface area contributed by atoms with Crippen LogP contribution in [0.3, 0.4) is 0 Å². The summed E-state index contributed by atoms with van der Waals surface area (Å²) in [5, 5.41) is 0. The summed E-state index contributed by atoms with van der Waals surface area (Å²) in [6.07, 6.45) is 4.33. The molecule has 9 nitrogen and oxygen atoms in total. The minimum absolute atomic E-state index is 0.207. The Morgan fingerprint density at radius 3 is 2.41 bits per heavy atom. The molecule has 0 saturated carbocycles. The lowest BCUT2D eigenvalue weighted by Gasteiger charge is -2.27. The molecule has 1 aliphatic rings. The van der Waals surface area contributed by atoms with E-state index >= 15 is 0 Å². The zero-order valence-corrected chi connectivity index (χ0v) is 18.3. The first-order valence-corrected chi connectivity index (χ1v) is 10.9. The quantitative estimate of drug-likeness (QED) is 0.514. The van der Waals surface area contributed by atoms with Crippen molar-refractivity contribution in [2.75, 3.05) is 36.9 Å². The van der Waals surface area contributed by atoms with Gasteiger partial charge in [-0.3, -0.25) is 0 Å². The lowest BCUT2D eigenvalue weighted by atomic mass is 10.2. The molecule has 0 radical (unpaired) electrons.